The van der Waals surface area contributed by atoms with Gasteiger partial charge in [0, 0.05) is 14.7 Å². The second-order valence-corrected chi connectivity index (χ2v) is 17.3. The molecule has 59 heavy (non-hydrogen) atoms. The summed E-state index contributed by atoms with van der Waals surface area (Å²) in [6.45, 7) is 0. The average molecular weight is 779 g/mol. The predicted octanol–water partition coefficient (Wildman–Crippen LogP) is 14.9. The quantitative estimate of drug-likeness (QED) is 0.167. The van der Waals surface area contributed by atoms with Crippen molar-refractivity contribution in [1.29, 1.82) is 0 Å². The van der Waals surface area contributed by atoms with Gasteiger partial charge in [-0.3, -0.25) is 0 Å². The molecule has 0 aliphatic heterocycles. The molecular formula is C55H38O3S. The zero-order valence-corrected chi connectivity index (χ0v) is 32.9. The Kier molecular flexibility index (Phi) is 9.25. The highest BCUT2D eigenvalue weighted by molar-refractivity contribution is 8.30. The summed E-state index contributed by atoms with van der Waals surface area (Å²) in [5.41, 5.74) is 6.66. The Balaban J connectivity index is 1.18. The van der Waals surface area contributed by atoms with Crippen molar-refractivity contribution >= 4 is 48.6 Å². The molecule has 10 aromatic carbocycles. The van der Waals surface area contributed by atoms with E-state index in [0.717, 1.165) is 48.1 Å². The first-order chi connectivity index (χ1) is 29.1. The number of aromatic hydroxyl groups is 1. The van der Waals surface area contributed by atoms with E-state index >= 15 is 0 Å². The second kappa shape index (κ2) is 15.2. The largest absolute Gasteiger partial charge is 0.507 e. The van der Waals surface area contributed by atoms with E-state index < -0.39 is 16.3 Å². The fraction of sp³-hybridized carbons (Fsp3) is 0. The molecule has 10 aromatic rings. The van der Waals surface area contributed by atoms with Gasteiger partial charge in [-0.1, -0.05) is 176 Å². The number of carbonyl (C=O) groups excluding carboxylic acids is 1. The minimum atomic E-state index is -2.78. The summed E-state index contributed by atoms with van der Waals surface area (Å²) in [6, 6.07) is 76.2. The molecule has 0 saturated carbocycles. The van der Waals surface area contributed by atoms with Crippen molar-refractivity contribution in [2.24, 2.45) is 0 Å². The molecule has 0 fully saturated rings. The van der Waals surface area contributed by atoms with Gasteiger partial charge >= 0.3 is 5.97 Å². The molecule has 0 amide bonds. The zero-order chi connectivity index (χ0) is 39.8. The molecule has 0 aromatic heterocycles. The van der Waals surface area contributed by atoms with Gasteiger partial charge in [-0.2, -0.15) is 0 Å². The molecule has 0 atom stereocenters. The third-order valence-electron chi connectivity index (χ3n) is 11.2. The van der Waals surface area contributed by atoms with Gasteiger partial charge in [0.25, 0.3) is 0 Å². The van der Waals surface area contributed by atoms with E-state index in [1.165, 1.54) is 38.4 Å². The number of rotatable bonds is 8. The Morgan fingerprint density at radius 2 is 0.678 bits per heavy atom. The number of hydrogen-bond acceptors (Lipinski definition) is 3. The summed E-state index contributed by atoms with van der Waals surface area (Å²) in [7, 11) is -2.78. The summed E-state index contributed by atoms with van der Waals surface area (Å²) >= 11 is 0. The highest BCUT2D eigenvalue weighted by Crippen LogP contribution is 2.70. The molecule has 0 aliphatic carbocycles. The highest BCUT2D eigenvalue weighted by Gasteiger charge is 2.37. The number of phenolic OH excluding ortho intramolecular Hbond substituents is 1. The zero-order valence-electron chi connectivity index (χ0n) is 32.0. The lowest BCUT2D eigenvalue weighted by molar-refractivity contribution is 0.0754. The van der Waals surface area contributed by atoms with E-state index in [9.17, 15) is 9.90 Å². The lowest BCUT2D eigenvalue weighted by Crippen LogP contribution is -2.14. The van der Waals surface area contributed by atoms with Crippen LogP contribution in [-0.2, 0) is 4.18 Å². The maximum absolute atomic E-state index is 14.5. The SMILES string of the molecule is O=C(OS(c1ccc(-c2cccc3ccccc23)cc1)(c1ccc(-c2cccc3ccccc23)cc1)c1ccc(-c2cccc3ccccc23)cc1)c1ccccc1O. The van der Waals surface area contributed by atoms with E-state index in [2.05, 4.69) is 200 Å². The van der Waals surface area contributed by atoms with Crippen molar-refractivity contribution in [3.63, 3.8) is 0 Å². The first-order valence-electron chi connectivity index (χ1n) is 19.7. The topological polar surface area (TPSA) is 46.5 Å². The van der Waals surface area contributed by atoms with E-state index in [1.54, 1.807) is 18.2 Å². The van der Waals surface area contributed by atoms with Crippen molar-refractivity contribution in [2.75, 3.05) is 0 Å². The Morgan fingerprint density at radius 1 is 0.356 bits per heavy atom. The number of phenols is 1. The van der Waals surface area contributed by atoms with Gasteiger partial charge in [0.15, 0.2) is 0 Å². The summed E-state index contributed by atoms with van der Waals surface area (Å²) in [4.78, 5) is 17.1. The molecule has 0 radical (unpaired) electrons. The van der Waals surface area contributed by atoms with Crippen LogP contribution in [0.15, 0.2) is 239 Å². The van der Waals surface area contributed by atoms with Crippen LogP contribution in [0.2, 0.25) is 0 Å². The second-order valence-electron chi connectivity index (χ2n) is 14.6. The van der Waals surface area contributed by atoms with Gasteiger partial charge in [0.2, 0.25) is 0 Å². The van der Waals surface area contributed by atoms with Crippen LogP contribution >= 0.6 is 10.3 Å². The number of benzene rings is 10. The summed E-state index contributed by atoms with van der Waals surface area (Å²) < 4.78 is 7.00. The molecule has 0 spiro atoms. The van der Waals surface area contributed by atoms with Crippen molar-refractivity contribution in [1.82, 2.24) is 0 Å². The van der Waals surface area contributed by atoms with Crippen LogP contribution in [0, 0.1) is 0 Å². The van der Waals surface area contributed by atoms with Gasteiger partial charge in [0.1, 0.15) is 11.3 Å². The average Bonchev–Trinajstić information content (AvgIpc) is 3.30. The number of hydrogen-bond donors (Lipinski definition) is 1. The van der Waals surface area contributed by atoms with E-state index in [1.807, 2.05) is 0 Å². The normalized spacial score (nSPS) is 11.8. The summed E-state index contributed by atoms with van der Waals surface area (Å²) in [5.74, 6) is -0.734. The van der Waals surface area contributed by atoms with Crippen molar-refractivity contribution < 1.29 is 14.1 Å². The molecule has 0 heterocycles. The number of fused-ring (bicyclic) bond motifs is 3. The molecule has 0 aliphatic rings. The van der Waals surface area contributed by atoms with Gasteiger partial charge in [-0.05, 0) is 125 Å². The number of para-hydroxylation sites is 1. The van der Waals surface area contributed by atoms with Gasteiger partial charge in [0.05, 0.1) is 0 Å². The summed E-state index contributed by atoms with van der Waals surface area (Å²) in [6.07, 6.45) is 0. The first kappa shape index (κ1) is 36.0. The molecule has 3 nitrogen and oxygen atoms in total. The Morgan fingerprint density at radius 3 is 1.05 bits per heavy atom. The van der Waals surface area contributed by atoms with Crippen LogP contribution < -0.4 is 0 Å². The van der Waals surface area contributed by atoms with Crippen molar-refractivity contribution in [3.05, 3.63) is 230 Å². The maximum atomic E-state index is 14.5. The van der Waals surface area contributed by atoms with E-state index in [-0.39, 0.29) is 11.3 Å². The maximum Gasteiger partial charge on any atom is 0.353 e. The van der Waals surface area contributed by atoms with Crippen molar-refractivity contribution in [2.45, 2.75) is 14.7 Å². The third kappa shape index (κ3) is 6.50. The van der Waals surface area contributed by atoms with Gasteiger partial charge in [-0.15, -0.1) is 0 Å². The minimum absolute atomic E-state index is 0.108. The van der Waals surface area contributed by atoms with Crippen LogP contribution in [0.25, 0.3) is 65.7 Å². The molecule has 1 N–H and O–H groups in total. The van der Waals surface area contributed by atoms with E-state index in [4.69, 9.17) is 4.18 Å². The number of carbonyl (C=O) groups is 1. The van der Waals surface area contributed by atoms with Gasteiger partial charge in [-0.25, -0.2) is 4.79 Å². The Labute approximate surface area is 345 Å². The van der Waals surface area contributed by atoms with Crippen LogP contribution in [0.1, 0.15) is 10.4 Å². The third-order valence-corrected chi connectivity index (χ3v) is 14.4. The van der Waals surface area contributed by atoms with Crippen LogP contribution in [-0.4, -0.2) is 11.1 Å². The van der Waals surface area contributed by atoms with E-state index in [0.29, 0.717) is 0 Å². The molecule has 0 unspecified atom stereocenters. The molecule has 4 heteroatoms. The van der Waals surface area contributed by atoms with Crippen molar-refractivity contribution in [3.8, 4) is 39.1 Å². The van der Waals surface area contributed by atoms with Crippen LogP contribution in [0.4, 0.5) is 0 Å². The van der Waals surface area contributed by atoms with Crippen LogP contribution in [0.3, 0.4) is 0 Å². The van der Waals surface area contributed by atoms with Crippen LogP contribution in [0.5, 0.6) is 5.75 Å². The molecule has 0 saturated heterocycles. The monoisotopic (exact) mass is 778 g/mol. The Bertz CT molecular complexity index is 2840. The first-order valence-corrected chi connectivity index (χ1v) is 21.2. The molecule has 10 rings (SSSR count). The highest BCUT2D eigenvalue weighted by atomic mass is 32.3. The fourth-order valence-corrected chi connectivity index (χ4v) is 11.2. The lowest BCUT2D eigenvalue weighted by atomic mass is 9.98. The van der Waals surface area contributed by atoms with Gasteiger partial charge < -0.3 is 9.29 Å². The predicted molar refractivity (Wildman–Crippen MR) is 244 cm³/mol. The lowest BCUT2D eigenvalue weighted by Gasteiger charge is -2.40. The fourth-order valence-electron chi connectivity index (χ4n) is 8.27. The molecule has 0 bridgehead atoms. The molecule has 282 valence electrons. The standard InChI is InChI=1S/C55H38O3S/c56-54-25-8-7-21-53(54)55(57)58-59(44-32-26-41(27-33-44)50-22-9-15-38-12-1-4-18-47(38)50,45-34-28-42(29-35-45)51-23-10-16-39-13-2-5-19-48(39)51)46-36-30-43(31-37-46)52-24-11-17-40-14-3-6-20-49(40)52/h1-37,56H. The molecular weight excluding hydrogens is 741 g/mol. The Hall–Kier alpha value is -7.40. The minimum Gasteiger partial charge on any atom is -0.507 e. The summed E-state index contributed by atoms with van der Waals surface area (Å²) in [5, 5.41) is 18.0. The smallest absolute Gasteiger partial charge is 0.353 e.